The molecule has 2 aromatic heterocycles. The van der Waals surface area contributed by atoms with Crippen LogP contribution < -0.4 is 15.4 Å². The van der Waals surface area contributed by atoms with Gasteiger partial charge in [-0.05, 0) is 64.9 Å². The highest BCUT2D eigenvalue weighted by atomic mass is 32.2. The van der Waals surface area contributed by atoms with E-state index in [0.717, 1.165) is 33.4 Å². The number of methoxy groups -OCH3 is 1. The maximum atomic E-state index is 14.1. The number of carbonyl (C=O) groups excluding carboxylic acids is 4. The van der Waals surface area contributed by atoms with Crippen LogP contribution in [-0.2, 0) is 40.1 Å². The van der Waals surface area contributed by atoms with E-state index in [1.165, 1.54) is 48.9 Å². The minimum absolute atomic E-state index is 0.0114. The van der Waals surface area contributed by atoms with Crippen LogP contribution in [0.15, 0.2) is 90.0 Å². The summed E-state index contributed by atoms with van der Waals surface area (Å²) in [7, 11) is -2.37. The number of anilines is 2. The van der Waals surface area contributed by atoms with Gasteiger partial charge in [0.15, 0.2) is 21.3 Å². The van der Waals surface area contributed by atoms with Crippen LogP contribution in [0.3, 0.4) is 0 Å². The molecule has 1 unspecified atom stereocenters. The number of Topliss-reactive ketones (excluding diaryl/α,β-unsaturated/α-hetero) is 2. The van der Waals surface area contributed by atoms with Crippen molar-refractivity contribution in [2.75, 3.05) is 18.3 Å². The number of fused-ring (bicyclic) bond motifs is 1. The zero-order valence-electron chi connectivity index (χ0n) is 34.8. The van der Waals surface area contributed by atoms with Crippen molar-refractivity contribution in [1.29, 1.82) is 0 Å². The number of hydrogen-bond donors (Lipinski definition) is 1. The zero-order valence-corrected chi connectivity index (χ0v) is 35.6. The fourth-order valence-electron chi connectivity index (χ4n) is 6.39. The number of benzene rings is 3. The van der Waals surface area contributed by atoms with Gasteiger partial charge in [-0.15, -0.1) is 5.10 Å². The number of ketones is 2. The Morgan fingerprint density at radius 3 is 2.08 bits per heavy atom. The fourth-order valence-corrected chi connectivity index (χ4v) is 7.03. The first-order valence-electron chi connectivity index (χ1n) is 19.4. The molecule has 0 bridgehead atoms. The Balaban J connectivity index is 1.41. The van der Waals surface area contributed by atoms with Crippen molar-refractivity contribution in [3.05, 3.63) is 102 Å². The van der Waals surface area contributed by atoms with Gasteiger partial charge in [0.05, 0.1) is 29.7 Å². The number of pyridine rings is 1. The summed E-state index contributed by atoms with van der Waals surface area (Å²) in [4.78, 5) is 58.7. The van der Waals surface area contributed by atoms with Crippen molar-refractivity contribution in [3.63, 3.8) is 0 Å². The molecular formula is C44H50FN5O9S. The van der Waals surface area contributed by atoms with Crippen LogP contribution in [0, 0.1) is 23.6 Å². The van der Waals surface area contributed by atoms with E-state index in [4.69, 9.17) is 19.9 Å². The molecule has 0 aliphatic carbocycles. The van der Waals surface area contributed by atoms with Gasteiger partial charge in [0.1, 0.15) is 17.3 Å². The summed E-state index contributed by atoms with van der Waals surface area (Å²) >= 11 is 0. The lowest BCUT2D eigenvalue weighted by Gasteiger charge is -2.25. The first-order chi connectivity index (χ1) is 28.3. The number of esters is 1. The molecule has 1 amide bonds. The quantitative estimate of drug-likeness (QED) is 0.0731. The molecule has 5 aromatic rings. The molecule has 0 saturated heterocycles. The third kappa shape index (κ3) is 10.8. The Bertz CT molecular complexity index is 2470. The average Bonchev–Trinajstić information content (AvgIpc) is 3.62. The van der Waals surface area contributed by atoms with Crippen molar-refractivity contribution >= 4 is 50.7 Å². The molecule has 2 heterocycles. The largest absolute Gasteiger partial charge is 0.495 e. The molecule has 318 valence electrons. The molecule has 0 fully saturated rings. The second-order valence-electron chi connectivity index (χ2n) is 15.4. The van der Waals surface area contributed by atoms with Crippen molar-refractivity contribution < 1.29 is 46.2 Å². The van der Waals surface area contributed by atoms with Crippen molar-refractivity contribution in [1.82, 2.24) is 14.6 Å². The summed E-state index contributed by atoms with van der Waals surface area (Å²) in [6.07, 6.45) is 0.226. The maximum absolute atomic E-state index is 14.1. The molecular weight excluding hydrogens is 794 g/mol. The first kappa shape index (κ1) is 45.1. The predicted octanol–water partition coefficient (Wildman–Crippen LogP) is 7.24. The molecule has 5 rings (SSSR count). The van der Waals surface area contributed by atoms with Crippen LogP contribution in [0.4, 0.5) is 20.8 Å². The highest BCUT2D eigenvalue weighted by Gasteiger charge is 2.34. The summed E-state index contributed by atoms with van der Waals surface area (Å²) in [5, 5.41) is 4.57. The molecule has 0 radical (unpaired) electrons. The van der Waals surface area contributed by atoms with Gasteiger partial charge in [-0.1, -0.05) is 71.0 Å². The van der Waals surface area contributed by atoms with Gasteiger partial charge in [0.2, 0.25) is 6.29 Å². The van der Waals surface area contributed by atoms with E-state index >= 15 is 0 Å². The van der Waals surface area contributed by atoms with Crippen molar-refractivity contribution in [3.8, 4) is 16.9 Å². The maximum Gasteiger partial charge on any atom is 0.424 e. The number of amides is 1. The van der Waals surface area contributed by atoms with Gasteiger partial charge in [-0.25, -0.2) is 27.0 Å². The molecule has 0 saturated carbocycles. The van der Waals surface area contributed by atoms with Crippen LogP contribution in [0.1, 0.15) is 65.0 Å². The Kier molecular flexibility index (Phi) is 14.2. The van der Waals surface area contributed by atoms with E-state index in [0.29, 0.717) is 5.65 Å². The lowest BCUT2D eigenvalue weighted by atomic mass is 9.87. The highest BCUT2D eigenvalue weighted by molar-refractivity contribution is 7.90. The minimum atomic E-state index is -3.67. The summed E-state index contributed by atoms with van der Waals surface area (Å²) in [5.41, 5.74) is 9.46. The van der Waals surface area contributed by atoms with E-state index in [1.807, 2.05) is 38.1 Å². The van der Waals surface area contributed by atoms with Crippen LogP contribution in [0.25, 0.3) is 16.8 Å². The molecule has 4 atom stereocenters. The highest BCUT2D eigenvalue weighted by Crippen LogP contribution is 2.36. The Hall–Kier alpha value is -6.00. The van der Waals surface area contributed by atoms with E-state index in [1.54, 1.807) is 51.2 Å². The third-order valence-corrected chi connectivity index (χ3v) is 11.3. The summed E-state index contributed by atoms with van der Waals surface area (Å²) in [5.74, 6) is -3.32. The number of hydrogen-bond acceptors (Lipinski definition) is 12. The van der Waals surface area contributed by atoms with E-state index < -0.39 is 46.1 Å². The Morgan fingerprint density at radius 2 is 1.48 bits per heavy atom. The van der Waals surface area contributed by atoms with Gasteiger partial charge in [0, 0.05) is 49.8 Å². The smallest absolute Gasteiger partial charge is 0.424 e. The van der Waals surface area contributed by atoms with Crippen LogP contribution >= 0.6 is 0 Å². The summed E-state index contributed by atoms with van der Waals surface area (Å²) in [6, 6.07) is 19.9. The number of nitrogens with two attached hydrogens (primary N) is 1. The lowest BCUT2D eigenvalue weighted by molar-refractivity contribution is -0.172. The van der Waals surface area contributed by atoms with Gasteiger partial charge < -0.3 is 19.9 Å². The number of rotatable bonds is 17. The van der Waals surface area contributed by atoms with Gasteiger partial charge in [-0.2, -0.15) is 4.98 Å². The summed E-state index contributed by atoms with van der Waals surface area (Å²) in [6.45, 7) is 10.3. The van der Waals surface area contributed by atoms with E-state index in [9.17, 15) is 32.0 Å². The number of carbonyl (C=O) groups is 4. The number of aromatic nitrogens is 3. The second-order valence-corrected chi connectivity index (χ2v) is 17.4. The van der Waals surface area contributed by atoms with Crippen molar-refractivity contribution in [2.24, 2.45) is 23.5 Å². The zero-order chi connectivity index (χ0) is 44.1. The number of ether oxygens (including phenoxy) is 3. The van der Waals surface area contributed by atoms with Crippen molar-refractivity contribution in [2.45, 2.75) is 77.5 Å². The molecule has 0 aliphatic rings. The molecule has 0 aliphatic heterocycles. The van der Waals surface area contributed by atoms with Gasteiger partial charge in [0.25, 0.3) is 5.95 Å². The molecule has 16 heteroatoms. The van der Waals surface area contributed by atoms with E-state index in [2.05, 4.69) is 10.1 Å². The Labute approximate surface area is 348 Å². The lowest BCUT2D eigenvalue weighted by Crippen LogP contribution is -2.39. The second kappa shape index (κ2) is 18.9. The Morgan fingerprint density at radius 1 is 0.833 bits per heavy atom. The van der Waals surface area contributed by atoms with Crippen LogP contribution in [0.5, 0.6) is 5.75 Å². The van der Waals surface area contributed by atoms with Gasteiger partial charge in [-0.3, -0.25) is 14.4 Å². The fraction of sp³-hybridized carbons (Fsp3) is 0.364. The number of halogens is 1. The SMILES string of the molecule is COc1cc(S(C)(=O)=O)ccc1N(C(=O)OC(C)OC(=O)[C@@H](CC(=O)[C@@H](N)C(C)C)C(C)C)c1nc2ccc(-c3ccc(CC(=O)[C@H](C)c4ccc(F)cc4)cc3)cn2n1. The van der Waals surface area contributed by atoms with Crippen LogP contribution in [-0.4, -0.2) is 72.3 Å². The normalized spacial score (nSPS) is 13.7. The minimum Gasteiger partial charge on any atom is -0.495 e. The molecule has 14 nitrogen and oxygen atoms in total. The molecule has 2 N–H and O–H groups in total. The molecule has 3 aromatic carbocycles. The molecule has 60 heavy (non-hydrogen) atoms. The summed E-state index contributed by atoms with van der Waals surface area (Å²) < 4.78 is 56.3. The number of nitrogens with zero attached hydrogens (tertiary/aromatic N) is 4. The topological polar surface area (TPSA) is 190 Å². The third-order valence-electron chi connectivity index (χ3n) is 10.2. The monoisotopic (exact) mass is 843 g/mol. The number of sulfone groups is 1. The average molecular weight is 844 g/mol. The first-order valence-corrected chi connectivity index (χ1v) is 21.3. The van der Waals surface area contributed by atoms with Gasteiger partial charge >= 0.3 is 12.1 Å². The molecule has 0 spiro atoms. The van der Waals surface area contributed by atoms with E-state index in [-0.39, 0.29) is 64.3 Å². The standard InChI is InChI=1S/C44H50FN5O9S/c1-25(2)35(23-38(52)41(46)26(3)4)42(53)58-28(6)59-44(54)50(36-19-18-34(60(8,55)56)22-39(36)57-7)43-47-40-20-15-32(24-49(40)48-43)31-11-9-29(10-12-31)21-37(51)27(5)30-13-16-33(45)17-14-30/h9-20,22,24-28,35,41H,21,23,46H2,1-8H3/t27-,28?,35+,41+/m1/s1. The van der Waals surface area contributed by atoms with Crippen LogP contribution in [0.2, 0.25) is 0 Å². The predicted molar refractivity (Wildman–Crippen MR) is 223 cm³/mol.